The Hall–Kier alpha value is -3.59. The Morgan fingerprint density at radius 3 is 2.71 bits per heavy atom. The molecule has 9 nitrogen and oxygen atoms in total. The van der Waals surface area contributed by atoms with Crippen LogP contribution in [0.5, 0.6) is 17.2 Å². The molecule has 1 atom stereocenters. The summed E-state index contributed by atoms with van der Waals surface area (Å²) < 4.78 is 13.1. The van der Waals surface area contributed by atoms with Gasteiger partial charge in [-0.05, 0) is 32.0 Å². The van der Waals surface area contributed by atoms with Crippen molar-refractivity contribution in [1.29, 1.82) is 0 Å². The van der Waals surface area contributed by atoms with Crippen molar-refractivity contribution in [3.63, 3.8) is 0 Å². The van der Waals surface area contributed by atoms with Crippen LogP contribution < -0.4 is 14.8 Å². The highest BCUT2D eigenvalue weighted by atomic mass is 16.5. The smallest absolute Gasteiger partial charge is 0.258 e. The molecule has 1 aliphatic rings. The minimum atomic E-state index is -0.299. The van der Waals surface area contributed by atoms with Gasteiger partial charge in [0.05, 0.1) is 12.6 Å². The lowest BCUT2D eigenvalue weighted by Crippen LogP contribution is -2.33. The van der Waals surface area contributed by atoms with Crippen LogP contribution in [-0.4, -0.2) is 57.0 Å². The number of carbonyl (C=O) groups is 1. The first-order valence-electron chi connectivity index (χ1n) is 11.6. The third-order valence-electron chi connectivity index (χ3n) is 5.80. The minimum Gasteiger partial charge on any atom is -0.504 e. The van der Waals surface area contributed by atoms with Crippen LogP contribution in [0, 0.1) is 0 Å². The van der Waals surface area contributed by atoms with Gasteiger partial charge in [-0.25, -0.2) is 0 Å². The molecule has 2 aromatic carbocycles. The lowest BCUT2D eigenvalue weighted by Gasteiger charge is -2.21. The third kappa shape index (κ3) is 5.66. The quantitative estimate of drug-likeness (QED) is 0.501. The first-order valence-corrected chi connectivity index (χ1v) is 11.6. The molecule has 1 aliphatic heterocycles. The Bertz CT molecular complexity index is 1100. The van der Waals surface area contributed by atoms with Gasteiger partial charge < -0.3 is 24.5 Å². The molecule has 1 aromatic heterocycles. The molecule has 0 aliphatic carbocycles. The van der Waals surface area contributed by atoms with Gasteiger partial charge in [-0.15, -0.1) is 10.2 Å². The molecule has 0 unspecified atom stereocenters. The van der Waals surface area contributed by atoms with Crippen LogP contribution in [0.1, 0.15) is 37.1 Å². The van der Waals surface area contributed by atoms with E-state index < -0.39 is 0 Å². The van der Waals surface area contributed by atoms with E-state index in [0.717, 1.165) is 36.7 Å². The van der Waals surface area contributed by atoms with E-state index >= 15 is 0 Å². The summed E-state index contributed by atoms with van der Waals surface area (Å²) in [5.41, 5.74) is 0.836. The second kappa shape index (κ2) is 11.0. The fraction of sp³-hybridized carbons (Fsp3) is 0.400. The average Bonchev–Trinajstić information content (AvgIpc) is 3.15. The van der Waals surface area contributed by atoms with E-state index in [4.69, 9.17) is 9.47 Å². The van der Waals surface area contributed by atoms with Gasteiger partial charge in [-0.3, -0.25) is 9.69 Å². The Morgan fingerprint density at radius 2 is 1.91 bits per heavy atom. The highest BCUT2D eigenvalue weighted by molar-refractivity contribution is 5.77. The van der Waals surface area contributed by atoms with Gasteiger partial charge in [0, 0.05) is 38.2 Å². The fourth-order valence-electron chi connectivity index (χ4n) is 4.09. The number of para-hydroxylation sites is 2. The van der Waals surface area contributed by atoms with Gasteiger partial charge in [0.15, 0.2) is 23.9 Å². The summed E-state index contributed by atoms with van der Waals surface area (Å²) in [6, 6.07) is 14.5. The topological polar surface area (TPSA) is 102 Å². The van der Waals surface area contributed by atoms with Gasteiger partial charge in [0.25, 0.3) is 5.91 Å². The van der Waals surface area contributed by atoms with Crippen LogP contribution in [0.3, 0.4) is 0 Å². The highest BCUT2D eigenvalue weighted by Gasteiger charge is 2.23. The molecule has 3 aromatic rings. The predicted octanol–water partition coefficient (Wildman–Crippen LogP) is 2.70. The van der Waals surface area contributed by atoms with E-state index in [0.29, 0.717) is 31.2 Å². The largest absolute Gasteiger partial charge is 0.504 e. The van der Waals surface area contributed by atoms with Crippen molar-refractivity contribution >= 4 is 5.91 Å². The molecule has 4 rings (SSSR count). The lowest BCUT2D eigenvalue weighted by atomic mass is 10.1. The molecule has 0 spiro atoms. The number of phenols is 1. The van der Waals surface area contributed by atoms with Crippen LogP contribution in [0.25, 0.3) is 0 Å². The molecule has 34 heavy (non-hydrogen) atoms. The molecular formula is C25H31N5O4. The van der Waals surface area contributed by atoms with Crippen LogP contribution in [-0.2, 0) is 24.3 Å². The molecule has 2 N–H and O–H groups in total. The molecule has 0 fully saturated rings. The van der Waals surface area contributed by atoms with Gasteiger partial charge in [-0.2, -0.15) is 0 Å². The number of nitrogens with zero attached hydrogens (tertiary/aromatic N) is 4. The molecule has 0 saturated carbocycles. The van der Waals surface area contributed by atoms with E-state index in [1.807, 2.05) is 56.3 Å². The monoisotopic (exact) mass is 465 g/mol. The van der Waals surface area contributed by atoms with Crippen molar-refractivity contribution in [3.05, 3.63) is 65.7 Å². The number of aromatic hydroxyl groups is 1. The number of nitrogens with one attached hydrogen (secondary N) is 1. The van der Waals surface area contributed by atoms with E-state index in [2.05, 4.69) is 25.0 Å². The lowest BCUT2D eigenvalue weighted by molar-refractivity contribution is -0.123. The first-order chi connectivity index (χ1) is 16.5. The second-order valence-corrected chi connectivity index (χ2v) is 8.24. The number of benzene rings is 2. The van der Waals surface area contributed by atoms with Gasteiger partial charge in [-0.1, -0.05) is 30.3 Å². The summed E-state index contributed by atoms with van der Waals surface area (Å²) in [7, 11) is 0. The summed E-state index contributed by atoms with van der Waals surface area (Å²) in [6.45, 7) is 7.12. The number of rotatable bonds is 9. The van der Waals surface area contributed by atoms with Crippen LogP contribution in [0.15, 0.2) is 48.5 Å². The molecule has 0 bridgehead atoms. The molecular weight excluding hydrogens is 434 g/mol. The van der Waals surface area contributed by atoms with Crippen molar-refractivity contribution < 1.29 is 19.4 Å². The normalized spacial score (nSPS) is 14.6. The highest BCUT2D eigenvalue weighted by Crippen LogP contribution is 2.31. The van der Waals surface area contributed by atoms with Crippen LogP contribution in [0.4, 0.5) is 0 Å². The van der Waals surface area contributed by atoms with Crippen LogP contribution >= 0.6 is 0 Å². The number of fused-ring (bicyclic) bond motifs is 1. The SMILES string of the molecule is CCOc1cccc(CN2CCc3nnc([C@@H](C)NC(=O)COc4ccccc4)n3CC2)c1O. The molecule has 0 saturated heterocycles. The van der Waals surface area contributed by atoms with Crippen molar-refractivity contribution in [1.82, 2.24) is 25.0 Å². The standard InChI is InChI=1S/C25H31N5O4/c1-3-33-21-11-7-8-19(24(21)32)16-29-13-12-22-27-28-25(30(22)15-14-29)18(2)26-23(31)17-34-20-9-5-4-6-10-20/h4-11,18,32H,3,12-17H2,1-2H3,(H,26,31)/t18-/m1/s1. The van der Waals surface area contributed by atoms with E-state index in [1.165, 1.54) is 0 Å². The number of ether oxygens (including phenoxy) is 2. The summed E-state index contributed by atoms with van der Waals surface area (Å²) in [5.74, 6) is 2.77. The average molecular weight is 466 g/mol. The molecule has 0 radical (unpaired) electrons. The third-order valence-corrected chi connectivity index (χ3v) is 5.80. The summed E-state index contributed by atoms with van der Waals surface area (Å²) >= 11 is 0. The summed E-state index contributed by atoms with van der Waals surface area (Å²) in [6.07, 6.45) is 0.733. The number of carbonyl (C=O) groups excluding carboxylic acids is 1. The fourth-order valence-corrected chi connectivity index (χ4v) is 4.09. The van der Waals surface area contributed by atoms with E-state index in [1.54, 1.807) is 6.07 Å². The minimum absolute atomic E-state index is 0.0621. The van der Waals surface area contributed by atoms with Crippen molar-refractivity contribution in [2.24, 2.45) is 0 Å². The zero-order valence-corrected chi connectivity index (χ0v) is 19.6. The molecule has 180 valence electrons. The first kappa shape index (κ1) is 23.6. The maximum Gasteiger partial charge on any atom is 0.258 e. The number of hydrogen-bond donors (Lipinski definition) is 2. The van der Waals surface area contributed by atoms with E-state index in [-0.39, 0.29) is 24.3 Å². The van der Waals surface area contributed by atoms with Crippen molar-refractivity contribution in [2.75, 3.05) is 26.3 Å². The maximum absolute atomic E-state index is 12.4. The maximum atomic E-state index is 12.4. The summed E-state index contributed by atoms with van der Waals surface area (Å²) in [5, 5.41) is 22.2. The van der Waals surface area contributed by atoms with E-state index in [9.17, 15) is 9.90 Å². The number of amides is 1. The van der Waals surface area contributed by atoms with Gasteiger partial charge in [0.1, 0.15) is 11.6 Å². The Morgan fingerprint density at radius 1 is 1.09 bits per heavy atom. The zero-order valence-electron chi connectivity index (χ0n) is 19.6. The Balaban J connectivity index is 1.35. The number of aromatic nitrogens is 3. The zero-order chi connectivity index (χ0) is 23.9. The van der Waals surface area contributed by atoms with Gasteiger partial charge >= 0.3 is 0 Å². The molecule has 2 heterocycles. The van der Waals surface area contributed by atoms with Gasteiger partial charge in [0.2, 0.25) is 0 Å². The molecule has 9 heteroatoms. The predicted molar refractivity (Wildman–Crippen MR) is 127 cm³/mol. The number of hydrogen-bond acceptors (Lipinski definition) is 7. The Labute approximate surface area is 199 Å². The second-order valence-electron chi connectivity index (χ2n) is 8.24. The van der Waals surface area contributed by atoms with Crippen LogP contribution in [0.2, 0.25) is 0 Å². The summed E-state index contributed by atoms with van der Waals surface area (Å²) in [4.78, 5) is 14.7. The number of phenolic OH excluding ortho intramolecular Hbond substituents is 1. The molecule has 1 amide bonds. The van der Waals surface area contributed by atoms with Crippen molar-refractivity contribution in [3.8, 4) is 17.2 Å². The Kier molecular flexibility index (Phi) is 7.64. The van der Waals surface area contributed by atoms with Crippen molar-refractivity contribution in [2.45, 2.75) is 39.4 Å².